The van der Waals surface area contributed by atoms with E-state index in [1.807, 2.05) is 0 Å². The standard InChI is InChI=1S/C5H6N4O3/c1-12-5-8-2(3(10)11)7-4(6)9-5/h1H3,(H,10,11)(H2,6,7,8,9)/p-1. The van der Waals surface area contributed by atoms with Crippen LogP contribution in [0.5, 0.6) is 6.01 Å². The van der Waals surface area contributed by atoms with Gasteiger partial charge in [0, 0.05) is 0 Å². The van der Waals surface area contributed by atoms with Gasteiger partial charge in [-0.3, -0.25) is 0 Å². The molecule has 0 aliphatic carbocycles. The highest BCUT2D eigenvalue weighted by atomic mass is 16.5. The summed E-state index contributed by atoms with van der Waals surface area (Å²) in [4.78, 5) is 20.4. The van der Waals surface area contributed by atoms with E-state index in [1.165, 1.54) is 7.11 Å². The molecule has 64 valence electrons. The summed E-state index contributed by atoms with van der Waals surface area (Å²) in [6.45, 7) is 0. The van der Waals surface area contributed by atoms with Crippen LogP contribution in [-0.2, 0) is 0 Å². The Labute approximate surface area is 67.2 Å². The van der Waals surface area contributed by atoms with Crippen molar-refractivity contribution in [3.8, 4) is 6.01 Å². The highest BCUT2D eigenvalue weighted by Gasteiger charge is 2.03. The van der Waals surface area contributed by atoms with Crippen LogP contribution in [0.3, 0.4) is 0 Å². The molecule has 0 radical (unpaired) electrons. The molecular formula is C5H5N4O3-. The Kier molecular flexibility index (Phi) is 2.04. The fourth-order valence-corrected chi connectivity index (χ4v) is 0.555. The van der Waals surface area contributed by atoms with Crippen LogP contribution in [0.15, 0.2) is 0 Å². The number of carbonyl (C=O) groups is 1. The molecule has 0 unspecified atom stereocenters. The number of aromatic carboxylic acids is 1. The number of carboxylic acid groups (broad SMARTS) is 1. The summed E-state index contributed by atoms with van der Waals surface area (Å²) >= 11 is 0. The minimum Gasteiger partial charge on any atom is -0.541 e. The Morgan fingerprint density at radius 3 is 2.67 bits per heavy atom. The first kappa shape index (κ1) is 8.18. The van der Waals surface area contributed by atoms with Gasteiger partial charge < -0.3 is 20.4 Å². The smallest absolute Gasteiger partial charge is 0.321 e. The molecule has 1 aromatic heterocycles. The Bertz CT molecular complexity index is 314. The van der Waals surface area contributed by atoms with Crippen molar-refractivity contribution in [1.82, 2.24) is 15.0 Å². The van der Waals surface area contributed by atoms with Gasteiger partial charge in [-0.15, -0.1) is 0 Å². The first-order valence-corrected chi connectivity index (χ1v) is 2.90. The molecule has 0 aliphatic rings. The maximum atomic E-state index is 10.2. The lowest BCUT2D eigenvalue weighted by molar-refractivity contribution is -0.256. The van der Waals surface area contributed by atoms with Crippen LogP contribution >= 0.6 is 0 Å². The van der Waals surface area contributed by atoms with Gasteiger partial charge in [0.2, 0.25) is 5.95 Å². The van der Waals surface area contributed by atoms with Crippen molar-refractivity contribution >= 4 is 11.9 Å². The molecule has 1 heterocycles. The van der Waals surface area contributed by atoms with Crippen LogP contribution in [0.2, 0.25) is 0 Å². The second-order valence-electron chi connectivity index (χ2n) is 1.79. The topological polar surface area (TPSA) is 114 Å². The molecule has 0 saturated heterocycles. The molecule has 7 nitrogen and oxygen atoms in total. The van der Waals surface area contributed by atoms with Crippen LogP contribution in [-0.4, -0.2) is 28.0 Å². The van der Waals surface area contributed by atoms with E-state index in [0.29, 0.717) is 0 Å². The predicted molar refractivity (Wildman–Crippen MR) is 35.1 cm³/mol. The molecule has 1 rings (SSSR count). The van der Waals surface area contributed by atoms with Gasteiger partial charge in [-0.05, 0) is 0 Å². The van der Waals surface area contributed by atoms with E-state index in [2.05, 4.69) is 19.7 Å². The highest BCUT2D eigenvalue weighted by molar-refractivity contribution is 5.81. The molecule has 2 N–H and O–H groups in total. The van der Waals surface area contributed by atoms with E-state index < -0.39 is 11.8 Å². The summed E-state index contributed by atoms with van der Waals surface area (Å²) in [5, 5.41) is 10.2. The van der Waals surface area contributed by atoms with Crippen LogP contribution < -0.4 is 15.6 Å². The second kappa shape index (κ2) is 2.99. The number of nitrogens with two attached hydrogens (primary N) is 1. The Morgan fingerprint density at radius 1 is 1.50 bits per heavy atom. The zero-order valence-corrected chi connectivity index (χ0v) is 6.14. The first-order chi connectivity index (χ1) is 5.63. The SMILES string of the molecule is COc1nc(N)nc(C(=O)[O-])n1. The van der Waals surface area contributed by atoms with Crippen molar-refractivity contribution in [1.29, 1.82) is 0 Å². The van der Waals surface area contributed by atoms with Gasteiger partial charge in [0.15, 0.2) is 5.82 Å². The number of ether oxygens (including phenoxy) is 1. The minimum absolute atomic E-state index is 0.151. The number of carbonyl (C=O) groups excluding carboxylic acids is 1. The van der Waals surface area contributed by atoms with E-state index >= 15 is 0 Å². The lowest BCUT2D eigenvalue weighted by atomic mass is 10.6. The normalized spacial score (nSPS) is 9.42. The molecule has 0 bridgehead atoms. The van der Waals surface area contributed by atoms with Crippen LogP contribution in [0.25, 0.3) is 0 Å². The number of hydrogen-bond donors (Lipinski definition) is 1. The summed E-state index contributed by atoms with van der Waals surface area (Å²) in [5.74, 6) is -2.29. The second-order valence-corrected chi connectivity index (χ2v) is 1.79. The number of carboxylic acids is 1. The van der Waals surface area contributed by atoms with E-state index in [0.717, 1.165) is 0 Å². The van der Waals surface area contributed by atoms with E-state index in [9.17, 15) is 9.90 Å². The molecule has 12 heavy (non-hydrogen) atoms. The molecule has 0 saturated carbocycles. The van der Waals surface area contributed by atoms with Gasteiger partial charge >= 0.3 is 6.01 Å². The van der Waals surface area contributed by atoms with Gasteiger partial charge in [-0.1, -0.05) is 0 Å². The number of aromatic nitrogens is 3. The number of anilines is 1. The summed E-state index contributed by atoms with van der Waals surface area (Å²) in [5.41, 5.74) is 5.14. The number of methoxy groups -OCH3 is 1. The van der Waals surface area contributed by atoms with Crippen molar-refractivity contribution in [3.05, 3.63) is 5.82 Å². The quantitative estimate of drug-likeness (QED) is 0.535. The molecule has 0 fully saturated rings. The van der Waals surface area contributed by atoms with Crippen molar-refractivity contribution < 1.29 is 14.6 Å². The summed E-state index contributed by atoms with van der Waals surface area (Å²) in [6.07, 6.45) is 0. The fourth-order valence-electron chi connectivity index (χ4n) is 0.555. The van der Waals surface area contributed by atoms with Gasteiger partial charge in [-0.2, -0.15) is 15.0 Å². The highest BCUT2D eigenvalue weighted by Crippen LogP contribution is 2.02. The van der Waals surface area contributed by atoms with E-state index in [-0.39, 0.29) is 12.0 Å². The number of hydrogen-bond acceptors (Lipinski definition) is 7. The zero-order chi connectivity index (χ0) is 9.14. The third-order valence-electron chi connectivity index (χ3n) is 0.997. The van der Waals surface area contributed by atoms with Crippen molar-refractivity contribution in [2.24, 2.45) is 0 Å². The summed E-state index contributed by atoms with van der Waals surface area (Å²) in [6, 6.07) is -0.151. The van der Waals surface area contributed by atoms with Gasteiger partial charge in [-0.25, -0.2) is 0 Å². The van der Waals surface area contributed by atoms with E-state index in [4.69, 9.17) is 5.73 Å². The van der Waals surface area contributed by atoms with Gasteiger partial charge in [0.05, 0.1) is 7.11 Å². The average molecular weight is 169 g/mol. The number of rotatable bonds is 2. The van der Waals surface area contributed by atoms with Crippen molar-refractivity contribution in [2.75, 3.05) is 12.8 Å². The molecule has 0 aliphatic heterocycles. The minimum atomic E-state index is -1.53. The molecular weight excluding hydrogens is 164 g/mol. The average Bonchev–Trinajstić information content (AvgIpc) is 2.03. The monoisotopic (exact) mass is 169 g/mol. The largest absolute Gasteiger partial charge is 0.541 e. The zero-order valence-electron chi connectivity index (χ0n) is 6.14. The van der Waals surface area contributed by atoms with Crippen LogP contribution in [0.4, 0.5) is 5.95 Å². The number of nitrogen functional groups attached to an aromatic ring is 1. The van der Waals surface area contributed by atoms with Crippen LogP contribution in [0, 0.1) is 0 Å². The van der Waals surface area contributed by atoms with Gasteiger partial charge in [0.1, 0.15) is 5.97 Å². The van der Waals surface area contributed by atoms with Gasteiger partial charge in [0.25, 0.3) is 0 Å². The lowest BCUT2D eigenvalue weighted by Crippen LogP contribution is -2.25. The Morgan fingerprint density at radius 2 is 2.17 bits per heavy atom. The first-order valence-electron chi connectivity index (χ1n) is 2.90. The molecule has 7 heteroatoms. The lowest BCUT2D eigenvalue weighted by Gasteiger charge is -2.02. The van der Waals surface area contributed by atoms with Crippen LogP contribution in [0.1, 0.15) is 10.6 Å². The molecule has 0 aromatic carbocycles. The van der Waals surface area contributed by atoms with E-state index in [1.54, 1.807) is 0 Å². The summed E-state index contributed by atoms with van der Waals surface area (Å²) < 4.78 is 4.55. The Balaban J connectivity index is 3.15. The molecule has 0 spiro atoms. The Hall–Kier alpha value is -1.92. The third-order valence-corrected chi connectivity index (χ3v) is 0.997. The predicted octanol–water partition coefficient (Wildman–Crippen LogP) is -2.17. The van der Waals surface area contributed by atoms with Crippen molar-refractivity contribution in [3.63, 3.8) is 0 Å². The summed E-state index contributed by atoms with van der Waals surface area (Å²) in [7, 11) is 1.29. The maximum absolute atomic E-state index is 10.2. The molecule has 0 amide bonds. The maximum Gasteiger partial charge on any atom is 0.321 e. The molecule has 1 aromatic rings. The fraction of sp³-hybridized carbons (Fsp3) is 0.200. The van der Waals surface area contributed by atoms with Crippen molar-refractivity contribution in [2.45, 2.75) is 0 Å². The molecule has 0 atom stereocenters. The third kappa shape index (κ3) is 1.57. The number of nitrogens with zero attached hydrogens (tertiary/aromatic N) is 3.